The summed E-state index contributed by atoms with van der Waals surface area (Å²) in [6.07, 6.45) is 1.90. The van der Waals surface area contributed by atoms with Gasteiger partial charge in [0.05, 0.1) is 23.2 Å². The van der Waals surface area contributed by atoms with Crippen LogP contribution in [0, 0.1) is 0 Å². The van der Waals surface area contributed by atoms with Crippen LogP contribution in [0.25, 0.3) is 0 Å². The highest BCUT2D eigenvalue weighted by Crippen LogP contribution is 2.40. The van der Waals surface area contributed by atoms with Crippen molar-refractivity contribution in [1.29, 1.82) is 0 Å². The summed E-state index contributed by atoms with van der Waals surface area (Å²) in [5.74, 6) is -0.333. The number of benzene rings is 1. The van der Waals surface area contributed by atoms with Gasteiger partial charge in [0.15, 0.2) is 0 Å². The normalized spacial score (nSPS) is 19.3. The van der Waals surface area contributed by atoms with E-state index in [1.165, 1.54) is 0 Å². The molecule has 1 aliphatic rings. The van der Waals surface area contributed by atoms with Crippen LogP contribution >= 0.6 is 0 Å². The molecular weight excluding hydrogens is 346 g/mol. The number of piperidine rings is 1. The van der Waals surface area contributed by atoms with E-state index in [-0.39, 0.29) is 12.1 Å². The zero-order valence-electron chi connectivity index (χ0n) is 17.0. The molecule has 2 rings (SSSR count). The van der Waals surface area contributed by atoms with Gasteiger partial charge in [-0.25, -0.2) is 9.59 Å². The molecule has 0 unspecified atom stereocenters. The topological polar surface area (TPSA) is 65.1 Å². The minimum absolute atomic E-state index is 0.265. The van der Waals surface area contributed by atoms with Gasteiger partial charge in [-0.15, -0.1) is 5.06 Å². The molecule has 1 heterocycles. The van der Waals surface area contributed by atoms with Crippen molar-refractivity contribution < 1.29 is 23.9 Å². The molecule has 1 aromatic rings. The van der Waals surface area contributed by atoms with Crippen LogP contribution in [-0.2, 0) is 14.3 Å². The van der Waals surface area contributed by atoms with Crippen molar-refractivity contribution in [3.05, 3.63) is 35.9 Å². The summed E-state index contributed by atoms with van der Waals surface area (Å²) in [5.41, 5.74) is -0.480. The third-order valence-corrected chi connectivity index (χ3v) is 4.72. The first-order valence-corrected chi connectivity index (χ1v) is 9.57. The second-order valence-electron chi connectivity index (χ2n) is 8.26. The number of carbonyl (C=O) groups is 2. The van der Waals surface area contributed by atoms with Crippen molar-refractivity contribution in [2.45, 2.75) is 77.5 Å². The molecule has 1 saturated heterocycles. The standard InChI is InChI=1S/C21H31NO5/c1-6-7-13-25-19(24)27-22-20(2,3)14-17(15-21(22,4)5)26-18(23)16-11-9-8-10-12-16/h8-12,17H,6-7,13-15H2,1-5H3. The average molecular weight is 377 g/mol. The number of esters is 1. The summed E-state index contributed by atoms with van der Waals surface area (Å²) in [6, 6.07) is 8.96. The molecule has 0 amide bonds. The van der Waals surface area contributed by atoms with Gasteiger partial charge in [-0.1, -0.05) is 31.5 Å². The van der Waals surface area contributed by atoms with Gasteiger partial charge in [0, 0.05) is 12.8 Å². The molecule has 0 N–H and O–H groups in total. The molecule has 1 aromatic carbocycles. The molecule has 0 atom stereocenters. The van der Waals surface area contributed by atoms with Crippen LogP contribution in [0.1, 0.15) is 70.7 Å². The van der Waals surface area contributed by atoms with E-state index >= 15 is 0 Å². The van der Waals surface area contributed by atoms with E-state index in [9.17, 15) is 9.59 Å². The summed E-state index contributed by atoms with van der Waals surface area (Å²) >= 11 is 0. The van der Waals surface area contributed by atoms with Crippen LogP contribution < -0.4 is 0 Å². The lowest BCUT2D eigenvalue weighted by Gasteiger charge is -2.51. The van der Waals surface area contributed by atoms with E-state index in [0.29, 0.717) is 25.0 Å². The highest BCUT2D eigenvalue weighted by molar-refractivity contribution is 5.89. The maximum Gasteiger partial charge on any atom is 0.527 e. The van der Waals surface area contributed by atoms with Crippen LogP contribution in [0.3, 0.4) is 0 Å². The SMILES string of the molecule is CCCCOC(=O)ON1C(C)(C)CC(OC(=O)c2ccccc2)CC1(C)C. The first-order chi connectivity index (χ1) is 12.7. The number of ether oxygens (including phenoxy) is 2. The Bertz CT molecular complexity index is 623. The van der Waals surface area contributed by atoms with Gasteiger partial charge in [0.25, 0.3) is 0 Å². The highest BCUT2D eigenvalue weighted by Gasteiger charge is 2.49. The molecule has 0 aromatic heterocycles. The van der Waals surface area contributed by atoms with Gasteiger partial charge in [-0.2, -0.15) is 0 Å². The lowest BCUT2D eigenvalue weighted by atomic mass is 9.80. The van der Waals surface area contributed by atoms with Crippen molar-refractivity contribution in [2.75, 3.05) is 6.61 Å². The van der Waals surface area contributed by atoms with E-state index in [2.05, 4.69) is 0 Å². The Kier molecular flexibility index (Phi) is 6.87. The Morgan fingerprint density at radius 2 is 1.67 bits per heavy atom. The van der Waals surface area contributed by atoms with Crippen molar-refractivity contribution in [3.63, 3.8) is 0 Å². The van der Waals surface area contributed by atoms with Gasteiger partial charge in [-0.3, -0.25) is 0 Å². The molecule has 27 heavy (non-hydrogen) atoms. The van der Waals surface area contributed by atoms with E-state index < -0.39 is 17.2 Å². The molecule has 1 aliphatic heterocycles. The number of hydrogen-bond acceptors (Lipinski definition) is 6. The molecule has 0 bridgehead atoms. The number of hydroxylamine groups is 2. The smallest absolute Gasteiger partial charge is 0.459 e. The Morgan fingerprint density at radius 1 is 1.07 bits per heavy atom. The monoisotopic (exact) mass is 377 g/mol. The predicted molar refractivity (Wildman–Crippen MR) is 102 cm³/mol. The van der Waals surface area contributed by atoms with E-state index in [1.807, 2.05) is 52.8 Å². The van der Waals surface area contributed by atoms with Crippen LogP contribution in [0.5, 0.6) is 0 Å². The van der Waals surface area contributed by atoms with Crippen molar-refractivity contribution >= 4 is 12.1 Å². The second kappa shape index (κ2) is 8.74. The summed E-state index contributed by atoms with van der Waals surface area (Å²) in [7, 11) is 0. The Labute approximate surface area is 161 Å². The summed E-state index contributed by atoms with van der Waals surface area (Å²) in [4.78, 5) is 30.0. The molecular formula is C21H31NO5. The number of rotatable bonds is 6. The second-order valence-corrected chi connectivity index (χ2v) is 8.26. The Balaban J connectivity index is 2.02. The molecule has 6 nitrogen and oxygen atoms in total. The van der Waals surface area contributed by atoms with E-state index in [4.69, 9.17) is 14.3 Å². The fourth-order valence-corrected chi connectivity index (χ4v) is 3.70. The van der Waals surface area contributed by atoms with Crippen molar-refractivity contribution in [1.82, 2.24) is 5.06 Å². The number of nitrogens with zero attached hydrogens (tertiary/aromatic N) is 1. The lowest BCUT2D eigenvalue weighted by molar-refractivity contribution is -0.264. The first-order valence-electron chi connectivity index (χ1n) is 9.57. The maximum absolute atomic E-state index is 12.4. The third-order valence-electron chi connectivity index (χ3n) is 4.72. The quantitative estimate of drug-likeness (QED) is 0.527. The van der Waals surface area contributed by atoms with Crippen LogP contribution in [-0.4, -0.2) is 41.0 Å². The summed E-state index contributed by atoms with van der Waals surface area (Å²) in [5, 5.41) is 1.68. The number of carbonyl (C=O) groups excluding carboxylic acids is 2. The fraction of sp³-hybridized carbons (Fsp3) is 0.619. The van der Waals surface area contributed by atoms with Crippen LogP contribution in [0.2, 0.25) is 0 Å². The van der Waals surface area contributed by atoms with Gasteiger partial charge in [0.1, 0.15) is 6.10 Å². The Morgan fingerprint density at radius 3 is 2.22 bits per heavy atom. The zero-order valence-corrected chi connectivity index (χ0v) is 17.0. The maximum atomic E-state index is 12.4. The largest absolute Gasteiger partial charge is 0.527 e. The van der Waals surface area contributed by atoms with Crippen LogP contribution in [0.15, 0.2) is 30.3 Å². The molecule has 0 aliphatic carbocycles. The third kappa shape index (κ3) is 5.70. The fourth-order valence-electron chi connectivity index (χ4n) is 3.70. The van der Waals surface area contributed by atoms with Gasteiger partial charge < -0.3 is 14.3 Å². The van der Waals surface area contributed by atoms with Crippen molar-refractivity contribution in [2.24, 2.45) is 0 Å². The van der Waals surface area contributed by atoms with Gasteiger partial charge >= 0.3 is 12.1 Å². The van der Waals surface area contributed by atoms with Crippen LogP contribution in [0.4, 0.5) is 4.79 Å². The van der Waals surface area contributed by atoms with Gasteiger partial charge in [0.2, 0.25) is 0 Å². The number of unbranched alkanes of at least 4 members (excludes halogenated alkanes) is 1. The average Bonchev–Trinajstić information content (AvgIpc) is 2.58. The minimum Gasteiger partial charge on any atom is -0.459 e. The summed E-state index contributed by atoms with van der Waals surface area (Å²) in [6.45, 7) is 10.3. The minimum atomic E-state index is -0.690. The van der Waals surface area contributed by atoms with Crippen molar-refractivity contribution in [3.8, 4) is 0 Å². The summed E-state index contributed by atoms with van der Waals surface area (Å²) < 4.78 is 10.9. The highest BCUT2D eigenvalue weighted by atomic mass is 16.8. The predicted octanol–water partition coefficient (Wildman–Crippen LogP) is 4.73. The number of hydrogen-bond donors (Lipinski definition) is 0. The molecule has 150 valence electrons. The zero-order chi connectivity index (χ0) is 20.1. The molecule has 6 heteroatoms. The Hall–Kier alpha value is -2.08. The molecule has 0 radical (unpaired) electrons. The van der Waals surface area contributed by atoms with E-state index in [1.54, 1.807) is 17.2 Å². The lowest BCUT2D eigenvalue weighted by Crippen LogP contribution is -2.62. The van der Waals surface area contributed by atoms with Gasteiger partial charge in [-0.05, 0) is 46.2 Å². The molecule has 0 saturated carbocycles. The molecule has 0 spiro atoms. The van der Waals surface area contributed by atoms with E-state index in [0.717, 1.165) is 12.8 Å². The molecule has 1 fully saturated rings. The first kappa shape index (κ1) is 21.2.